The van der Waals surface area contributed by atoms with Crippen molar-refractivity contribution in [3.63, 3.8) is 0 Å². The van der Waals surface area contributed by atoms with Gasteiger partial charge in [0.25, 0.3) is 0 Å². The topological polar surface area (TPSA) is 80.0 Å². The van der Waals surface area contributed by atoms with Crippen LogP contribution in [0.1, 0.15) is 11.1 Å². The number of hydrogen-bond donors (Lipinski definition) is 1. The monoisotopic (exact) mass is 281 g/mol. The van der Waals surface area contributed by atoms with E-state index in [1.54, 1.807) is 12.3 Å². The second-order valence-corrected chi connectivity index (χ2v) is 5.13. The van der Waals surface area contributed by atoms with Crippen molar-refractivity contribution < 1.29 is 0 Å². The quantitative estimate of drug-likeness (QED) is 0.589. The average molecular weight is 281 g/mol. The number of fused-ring (bicyclic) bond motifs is 1. The Balaban J connectivity index is 1.96. The number of nitrogens with zero attached hydrogens (tertiary/aromatic N) is 4. The van der Waals surface area contributed by atoms with Gasteiger partial charge in [-0.15, -0.1) is 11.8 Å². The summed E-state index contributed by atoms with van der Waals surface area (Å²) in [4.78, 5) is 4.44. The summed E-state index contributed by atoms with van der Waals surface area (Å²) in [5, 5.41) is 14.0. The molecule has 20 heavy (non-hydrogen) atoms. The molecule has 0 amide bonds. The Morgan fingerprint density at radius 3 is 2.80 bits per heavy atom. The number of nitrogen functional groups attached to an aromatic ring is 1. The van der Waals surface area contributed by atoms with E-state index in [2.05, 4.69) is 16.2 Å². The second kappa shape index (κ2) is 5.23. The van der Waals surface area contributed by atoms with Gasteiger partial charge >= 0.3 is 0 Å². The van der Waals surface area contributed by atoms with Crippen molar-refractivity contribution in [3.8, 4) is 6.07 Å². The number of benzene rings is 1. The Kier molecular flexibility index (Phi) is 3.27. The Labute approximate surface area is 120 Å². The van der Waals surface area contributed by atoms with E-state index < -0.39 is 0 Å². The molecule has 2 aromatic heterocycles. The van der Waals surface area contributed by atoms with Crippen LogP contribution < -0.4 is 5.73 Å². The fraction of sp³-hybridized carbons (Fsp3) is 0.0714. The lowest BCUT2D eigenvalue weighted by Gasteiger charge is -2.07. The van der Waals surface area contributed by atoms with Crippen molar-refractivity contribution in [2.75, 3.05) is 5.73 Å². The second-order valence-electron chi connectivity index (χ2n) is 4.16. The van der Waals surface area contributed by atoms with Gasteiger partial charge in [0.05, 0.1) is 6.20 Å². The summed E-state index contributed by atoms with van der Waals surface area (Å²) in [7, 11) is 0. The number of nitrogens with two attached hydrogens (primary N) is 1. The summed E-state index contributed by atoms with van der Waals surface area (Å²) in [6.07, 6.45) is 1.62. The van der Waals surface area contributed by atoms with Crippen LogP contribution in [0.4, 0.5) is 5.82 Å². The summed E-state index contributed by atoms with van der Waals surface area (Å²) in [5.74, 6) is 1.07. The molecule has 0 radical (unpaired) electrons. The minimum absolute atomic E-state index is 0.332. The molecule has 0 saturated carbocycles. The van der Waals surface area contributed by atoms with E-state index in [1.165, 1.54) is 21.8 Å². The lowest BCUT2D eigenvalue weighted by atomic mass is 10.2. The van der Waals surface area contributed by atoms with Crippen LogP contribution in [-0.4, -0.2) is 14.6 Å². The molecule has 2 heterocycles. The van der Waals surface area contributed by atoms with Gasteiger partial charge in [0.15, 0.2) is 5.65 Å². The minimum Gasteiger partial charge on any atom is -0.382 e. The van der Waals surface area contributed by atoms with Crippen LogP contribution in [-0.2, 0) is 5.75 Å². The highest BCUT2D eigenvalue weighted by Gasteiger charge is 2.13. The molecule has 98 valence electrons. The van der Waals surface area contributed by atoms with Gasteiger partial charge in [-0.2, -0.15) is 14.9 Å². The molecule has 5 nitrogen and oxygen atoms in total. The van der Waals surface area contributed by atoms with Gasteiger partial charge in [-0.1, -0.05) is 30.3 Å². The van der Waals surface area contributed by atoms with Crippen LogP contribution in [0.25, 0.3) is 5.65 Å². The fourth-order valence-corrected chi connectivity index (χ4v) is 2.83. The van der Waals surface area contributed by atoms with Crippen LogP contribution in [0.5, 0.6) is 0 Å². The first kappa shape index (κ1) is 12.5. The van der Waals surface area contributed by atoms with Crippen molar-refractivity contribution in [2.24, 2.45) is 0 Å². The van der Waals surface area contributed by atoms with Crippen molar-refractivity contribution in [1.82, 2.24) is 14.6 Å². The van der Waals surface area contributed by atoms with E-state index >= 15 is 0 Å². The maximum Gasteiger partial charge on any atom is 0.158 e. The molecule has 0 aliphatic rings. The van der Waals surface area contributed by atoms with Crippen LogP contribution >= 0.6 is 11.8 Å². The summed E-state index contributed by atoms with van der Waals surface area (Å²) in [6, 6.07) is 13.9. The molecule has 0 aliphatic carbocycles. The number of thioether (sulfide) groups is 1. The molecule has 3 aromatic rings. The van der Waals surface area contributed by atoms with Gasteiger partial charge in [0.2, 0.25) is 0 Å². The highest BCUT2D eigenvalue weighted by molar-refractivity contribution is 7.98. The molecule has 0 saturated heterocycles. The number of anilines is 1. The number of hydrogen-bond acceptors (Lipinski definition) is 5. The predicted molar refractivity (Wildman–Crippen MR) is 78.1 cm³/mol. The van der Waals surface area contributed by atoms with Gasteiger partial charge in [-0.25, -0.2) is 4.98 Å². The highest BCUT2D eigenvalue weighted by Crippen LogP contribution is 2.28. The molecular formula is C14H11N5S. The van der Waals surface area contributed by atoms with E-state index in [-0.39, 0.29) is 0 Å². The van der Waals surface area contributed by atoms with Crippen molar-refractivity contribution >= 4 is 23.2 Å². The molecule has 0 fully saturated rings. The SMILES string of the molecule is N#Cc1c(SCc2ccccc2)nc2ccnn2c1N. The smallest absolute Gasteiger partial charge is 0.158 e. The number of nitriles is 1. The molecule has 2 N–H and O–H groups in total. The molecular weight excluding hydrogens is 270 g/mol. The Morgan fingerprint density at radius 2 is 2.05 bits per heavy atom. The van der Waals surface area contributed by atoms with Crippen LogP contribution in [0.2, 0.25) is 0 Å². The first-order valence-electron chi connectivity index (χ1n) is 5.99. The lowest BCUT2D eigenvalue weighted by molar-refractivity contribution is 0.920. The third kappa shape index (κ3) is 2.19. The molecule has 6 heteroatoms. The van der Waals surface area contributed by atoms with Crippen molar-refractivity contribution in [3.05, 3.63) is 53.7 Å². The predicted octanol–water partition coefficient (Wildman–Crippen LogP) is 2.48. The number of rotatable bonds is 3. The van der Waals surface area contributed by atoms with Gasteiger partial charge < -0.3 is 5.73 Å². The van der Waals surface area contributed by atoms with E-state index in [0.717, 1.165) is 5.75 Å². The molecule has 0 atom stereocenters. The Bertz CT molecular complexity index is 788. The van der Waals surface area contributed by atoms with Crippen LogP contribution in [0.3, 0.4) is 0 Å². The van der Waals surface area contributed by atoms with Gasteiger partial charge in [0.1, 0.15) is 22.5 Å². The van der Waals surface area contributed by atoms with E-state index in [1.807, 2.05) is 30.3 Å². The average Bonchev–Trinajstić information content (AvgIpc) is 2.95. The van der Waals surface area contributed by atoms with Crippen molar-refractivity contribution in [1.29, 1.82) is 5.26 Å². The van der Waals surface area contributed by atoms with E-state index in [0.29, 0.717) is 22.1 Å². The molecule has 0 aliphatic heterocycles. The summed E-state index contributed by atoms with van der Waals surface area (Å²) in [5.41, 5.74) is 8.17. The molecule has 0 unspecified atom stereocenters. The Morgan fingerprint density at radius 1 is 1.25 bits per heavy atom. The van der Waals surface area contributed by atoms with E-state index in [9.17, 15) is 5.26 Å². The maximum absolute atomic E-state index is 9.27. The summed E-state index contributed by atoms with van der Waals surface area (Å²) in [6.45, 7) is 0. The maximum atomic E-state index is 9.27. The third-order valence-corrected chi connectivity index (χ3v) is 3.91. The third-order valence-electron chi connectivity index (χ3n) is 2.87. The van der Waals surface area contributed by atoms with Gasteiger partial charge in [0, 0.05) is 11.8 Å². The summed E-state index contributed by atoms with van der Waals surface area (Å²) >= 11 is 1.50. The molecule has 0 bridgehead atoms. The fourth-order valence-electron chi connectivity index (χ4n) is 1.88. The normalized spacial score (nSPS) is 10.6. The zero-order valence-electron chi connectivity index (χ0n) is 10.5. The Hall–Kier alpha value is -2.52. The first-order chi connectivity index (χ1) is 9.79. The van der Waals surface area contributed by atoms with Crippen LogP contribution in [0, 0.1) is 11.3 Å². The minimum atomic E-state index is 0.332. The zero-order chi connectivity index (χ0) is 13.9. The number of aromatic nitrogens is 3. The molecule has 1 aromatic carbocycles. The standard InChI is InChI=1S/C14H11N5S/c15-8-11-13(16)19-12(6-7-17-19)18-14(11)20-9-10-4-2-1-3-5-10/h1-7H,9,16H2. The van der Waals surface area contributed by atoms with Gasteiger partial charge in [-0.3, -0.25) is 0 Å². The van der Waals surface area contributed by atoms with E-state index in [4.69, 9.17) is 5.73 Å². The highest BCUT2D eigenvalue weighted by atomic mass is 32.2. The summed E-state index contributed by atoms with van der Waals surface area (Å²) < 4.78 is 1.48. The van der Waals surface area contributed by atoms with Gasteiger partial charge in [-0.05, 0) is 5.56 Å². The molecule has 3 rings (SSSR count). The lowest BCUT2D eigenvalue weighted by Crippen LogP contribution is -2.05. The van der Waals surface area contributed by atoms with Crippen LogP contribution in [0.15, 0.2) is 47.6 Å². The van der Waals surface area contributed by atoms with Crippen molar-refractivity contribution in [2.45, 2.75) is 10.8 Å². The molecule has 0 spiro atoms. The zero-order valence-corrected chi connectivity index (χ0v) is 11.3. The largest absolute Gasteiger partial charge is 0.382 e. The first-order valence-corrected chi connectivity index (χ1v) is 6.98.